The number of fused-ring (bicyclic) bond motifs is 1. The van der Waals surface area contributed by atoms with Crippen LogP contribution in [0.2, 0.25) is 0 Å². The molecule has 8 nitrogen and oxygen atoms in total. The summed E-state index contributed by atoms with van der Waals surface area (Å²) in [4.78, 5) is 34.4. The maximum Gasteiger partial charge on any atom is 0.270 e. The van der Waals surface area contributed by atoms with Gasteiger partial charge >= 0.3 is 0 Å². The van der Waals surface area contributed by atoms with Gasteiger partial charge in [-0.1, -0.05) is 0 Å². The van der Waals surface area contributed by atoms with E-state index >= 15 is 0 Å². The molecule has 1 unspecified atom stereocenters. The van der Waals surface area contributed by atoms with Crippen LogP contribution in [0.15, 0.2) is 29.8 Å². The van der Waals surface area contributed by atoms with Crippen LogP contribution in [0.1, 0.15) is 41.3 Å². The van der Waals surface area contributed by atoms with Crippen LogP contribution >= 0.6 is 11.3 Å². The normalized spacial score (nSPS) is 15.6. The number of benzene rings is 1. The summed E-state index contributed by atoms with van der Waals surface area (Å²) >= 11 is 1.54. The number of methoxy groups -OCH3 is 2. The average molecular weight is 443 g/mol. The summed E-state index contributed by atoms with van der Waals surface area (Å²) in [6.45, 7) is 2.76. The van der Waals surface area contributed by atoms with Crippen molar-refractivity contribution in [3.8, 4) is 11.5 Å². The minimum absolute atomic E-state index is 0.0518. The first-order valence-electron chi connectivity index (χ1n) is 10.2. The number of amides is 2. The van der Waals surface area contributed by atoms with E-state index in [-0.39, 0.29) is 23.8 Å². The number of rotatable bonds is 6. The minimum atomic E-state index is -0.114. The SMILES string of the molecule is COc1ccc(OC)c2[nH]c(C(=O)N3CCC(C(NC(C)=O)c4nccs4)CC3)cc12. The van der Waals surface area contributed by atoms with Crippen LogP contribution in [0.5, 0.6) is 11.5 Å². The van der Waals surface area contributed by atoms with Crippen LogP contribution in [-0.4, -0.2) is 54.0 Å². The van der Waals surface area contributed by atoms with E-state index in [0.29, 0.717) is 30.3 Å². The number of hydrogen-bond donors (Lipinski definition) is 2. The van der Waals surface area contributed by atoms with Gasteiger partial charge in [-0.2, -0.15) is 0 Å². The molecule has 9 heteroatoms. The summed E-state index contributed by atoms with van der Waals surface area (Å²) in [6, 6.07) is 5.35. The van der Waals surface area contributed by atoms with Crippen molar-refractivity contribution >= 4 is 34.1 Å². The van der Waals surface area contributed by atoms with Crippen LogP contribution in [-0.2, 0) is 4.79 Å². The van der Waals surface area contributed by atoms with Crippen LogP contribution in [0.25, 0.3) is 10.9 Å². The molecule has 3 aromatic rings. The number of piperidine rings is 1. The Labute approximate surface area is 184 Å². The van der Waals surface area contributed by atoms with Crippen LogP contribution in [0.4, 0.5) is 0 Å². The van der Waals surface area contributed by atoms with Crippen molar-refractivity contribution in [2.75, 3.05) is 27.3 Å². The summed E-state index contributed by atoms with van der Waals surface area (Å²) in [5.41, 5.74) is 1.25. The van der Waals surface area contributed by atoms with Gasteiger partial charge in [0.1, 0.15) is 22.2 Å². The number of nitrogens with zero attached hydrogens (tertiary/aromatic N) is 2. The molecule has 1 fully saturated rings. The molecule has 164 valence electrons. The second-order valence-electron chi connectivity index (χ2n) is 7.62. The Morgan fingerprint density at radius 2 is 1.94 bits per heavy atom. The lowest BCUT2D eigenvalue weighted by molar-refractivity contribution is -0.120. The molecule has 1 aliphatic heterocycles. The van der Waals surface area contributed by atoms with Gasteiger partial charge in [0.25, 0.3) is 5.91 Å². The maximum absolute atomic E-state index is 13.2. The smallest absolute Gasteiger partial charge is 0.270 e. The van der Waals surface area contributed by atoms with Gasteiger partial charge in [0.05, 0.1) is 25.8 Å². The number of carbonyl (C=O) groups excluding carboxylic acids is 2. The van der Waals surface area contributed by atoms with Gasteiger partial charge in [0, 0.05) is 37.0 Å². The van der Waals surface area contributed by atoms with Crippen molar-refractivity contribution in [2.45, 2.75) is 25.8 Å². The molecule has 0 radical (unpaired) electrons. The molecule has 0 spiro atoms. The Morgan fingerprint density at radius 3 is 2.55 bits per heavy atom. The summed E-state index contributed by atoms with van der Waals surface area (Å²) in [5, 5.41) is 6.69. The molecule has 1 atom stereocenters. The van der Waals surface area contributed by atoms with E-state index in [1.807, 2.05) is 28.5 Å². The lowest BCUT2D eigenvalue weighted by atomic mass is 9.89. The third-order valence-corrected chi connectivity index (χ3v) is 6.62. The highest BCUT2D eigenvalue weighted by Crippen LogP contribution is 2.35. The first kappa shape index (κ1) is 21.2. The Kier molecular flexibility index (Phi) is 6.13. The zero-order chi connectivity index (χ0) is 22.0. The molecule has 0 saturated carbocycles. The molecule has 1 aromatic carbocycles. The monoisotopic (exact) mass is 442 g/mol. The van der Waals surface area contributed by atoms with E-state index in [1.54, 1.807) is 31.8 Å². The number of hydrogen-bond acceptors (Lipinski definition) is 6. The predicted octanol–water partition coefficient (Wildman–Crippen LogP) is 3.37. The van der Waals surface area contributed by atoms with Crippen molar-refractivity contribution in [3.05, 3.63) is 40.5 Å². The van der Waals surface area contributed by atoms with Crippen LogP contribution in [0, 0.1) is 5.92 Å². The van der Waals surface area contributed by atoms with Gasteiger partial charge < -0.3 is 24.7 Å². The van der Waals surface area contributed by atoms with Gasteiger partial charge in [0.2, 0.25) is 5.91 Å². The number of thiazole rings is 1. The van der Waals surface area contributed by atoms with Gasteiger partial charge in [-0.25, -0.2) is 4.98 Å². The molecule has 1 aliphatic rings. The number of ether oxygens (including phenoxy) is 2. The predicted molar refractivity (Wildman–Crippen MR) is 119 cm³/mol. The van der Waals surface area contributed by atoms with Crippen molar-refractivity contribution in [2.24, 2.45) is 5.92 Å². The Morgan fingerprint density at radius 1 is 1.23 bits per heavy atom. The fourth-order valence-electron chi connectivity index (χ4n) is 4.23. The number of H-pyrrole nitrogens is 1. The first-order chi connectivity index (χ1) is 15.0. The van der Waals surface area contributed by atoms with E-state index in [1.165, 1.54) is 6.92 Å². The van der Waals surface area contributed by atoms with E-state index in [9.17, 15) is 9.59 Å². The number of aromatic amines is 1. The van der Waals surface area contributed by atoms with Crippen molar-refractivity contribution in [1.29, 1.82) is 0 Å². The molecule has 4 rings (SSSR count). The zero-order valence-electron chi connectivity index (χ0n) is 17.8. The maximum atomic E-state index is 13.2. The van der Waals surface area contributed by atoms with E-state index < -0.39 is 0 Å². The quantitative estimate of drug-likeness (QED) is 0.610. The molecule has 3 heterocycles. The second-order valence-corrected chi connectivity index (χ2v) is 8.55. The molecule has 2 amide bonds. The third kappa shape index (κ3) is 4.23. The topological polar surface area (TPSA) is 96.5 Å². The highest BCUT2D eigenvalue weighted by atomic mass is 32.1. The Bertz CT molecular complexity index is 1030. The molecular formula is C22H26N4O4S. The molecule has 2 aromatic heterocycles. The zero-order valence-corrected chi connectivity index (χ0v) is 18.6. The molecule has 1 saturated heterocycles. The molecule has 2 N–H and O–H groups in total. The van der Waals surface area contributed by atoms with Gasteiger partial charge in [0.15, 0.2) is 0 Å². The largest absolute Gasteiger partial charge is 0.496 e. The lowest BCUT2D eigenvalue weighted by Gasteiger charge is -2.35. The van der Waals surface area contributed by atoms with E-state index in [0.717, 1.165) is 28.8 Å². The molecular weight excluding hydrogens is 416 g/mol. The second kappa shape index (κ2) is 8.97. The number of aromatic nitrogens is 2. The average Bonchev–Trinajstić information content (AvgIpc) is 3.46. The Balaban J connectivity index is 1.50. The summed E-state index contributed by atoms with van der Waals surface area (Å²) in [5.74, 6) is 1.47. The van der Waals surface area contributed by atoms with Gasteiger partial charge in [-0.3, -0.25) is 9.59 Å². The van der Waals surface area contributed by atoms with Crippen LogP contribution < -0.4 is 14.8 Å². The molecule has 0 aliphatic carbocycles. The van der Waals surface area contributed by atoms with Crippen molar-refractivity contribution in [1.82, 2.24) is 20.2 Å². The number of nitrogens with one attached hydrogen (secondary N) is 2. The highest BCUT2D eigenvalue weighted by Gasteiger charge is 2.32. The summed E-state index contributed by atoms with van der Waals surface area (Å²) in [7, 11) is 3.21. The van der Waals surface area contributed by atoms with Crippen molar-refractivity contribution < 1.29 is 19.1 Å². The van der Waals surface area contributed by atoms with Crippen molar-refractivity contribution in [3.63, 3.8) is 0 Å². The van der Waals surface area contributed by atoms with Crippen LogP contribution in [0.3, 0.4) is 0 Å². The number of carbonyl (C=O) groups is 2. The highest BCUT2D eigenvalue weighted by molar-refractivity contribution is 7.09. The van der Waals surface area contributed by atoms with E-state index in [2.05, 4.69) is 15.3 Å². The fourth-order valence-corrected chi connectivity index (χ4v) is 5.01. The number of likely N-dealkylation sites (tertiary alicyclic amines) is 1. The van der Waals surface area contributed by atoms with E-state index in [4.69, 9.17) is 9.47 Å². The fraction of sp³-hybridized carbons (Fsp3) is 0.409. The Hall–Kier alpha value is -3.07. The summed E-state index contributed by atoms with van der Waals surface area (Å²) in [6.07, 6.45) is 3.35. The first-order valence-corrected chi connectivity index (χ1v) is 11.1. The molecule has 0 bridgehead atoms. The van der Waals surface area contributed by atoms with Gasteiger partial charge in [-0.15, -0.1) is 11.3 Å². The lowest BCUT2D eigenvalue weighted by Crippen LogP contribution is -2.42. The summed E-state index contributed by atoms with van der Waals surface area (Å²) < 4.78 is 10.9. The minimum Gasteiger partial charge on any atom is -0.496 e. The van der Waals surface area contributed by atoms with Gasteiger partial charge in [-0.05, 0) is 37.0 Å². The molecule has 31 heavy (non-hydrogen) atoms. The third-order valence-electron chi connectivity index (χ3n) is 5.76. The standard InChI is InChI=1S/C22H26N4O4S/c1-13(27)24-19(21-23-8-11-31-21)14-6-9-26(10-7-14)22(28)16-12-15-17(29-2)4-5-18(30-3)20(15)25-16/h4-5,8,11-12,14,19,25H,6-7,9-10H2,1-3H3,(H,24,27).